The molecule has 6 nitrogen and oxygen atoms in total. The SMILES string of the molecule is CS(=O)(=O)c1ccc(-n2nc(C(F)(F)F)cc2O)nc1. The van der Waals surface area contributed by atoms with E-state index in [0.717, 1.165) is 24.6 Å². The molecule has 1 N–H and O–H groups in total. The molecular formula is C10H8F3N3O3S. The highest BCUT2D eigenvalue weighted by molar-refractivity contribution is 7.90. The third kappa shape index (κ3) is 2.74. The lowest BCUT2D eigenvalue weighted by atomic mass is 10.4. The minimum Gasteiger partial charge on any atom is -0.493 e. The van der Waals surface area contributed by atoms with Crippen molar-refractivity contribution in [2.24, 2.45) is 0 Å². The van der Waals surface area contributed by atoms with Gasteiger partial charge in [0.25, 0.3) is 0 Å². The van der Waals surface area contributed by atoms with E-state index in [4.69, 9.17) is 0 Å². The molecule has 0 aliphatic carbocycles. The van der Waals surface area contributed by atoms with Crippen molar-refractivity contribution >= 4 is 9.84 Å². The van der Waals surface area contributed by atoms with Crippen LogP contribution in [-0.2, 0) is 16.0 Å². The average Bonchev–Trinajstić information content (AvgIpc) is 2.70. The van der Waals surface area contributed by atoms with Crippen molar-refractivity contribution in [3.05, 3.63) is 30.1 Å². The zero-order valence-electron chi connectivity index (χ0n) is 9.96. The fourth-order valence-corrected chi connectivity index (χ4v) is 1.95. The van der Waals surface area contributed by atoms with Gasteiger partial charge in [-0.15, -0.1) is 0 Å². The Bertz CT molecular complexity index is 735. The van der Waals surface area contributed by atoms with E-state index in [1.54, 1.807) is 0 Å². The van der Waals surface area contributed by atoms with Gasteiger partial charge in [-0.3, -0.25) is 0 Å². The minimum absolute atomic E-state index is 0.0936. The molecule has 0 saturated heterocycles. The number of alkyl halides is 3. The first-order valence-electron chi connectivity index (χ1n) is 5.12. The highest BCUT2D eigenvalue weighted by Crippen LogP contribution is 2.31. The number of sulfone groups is 1. The summed E-state index contributed by atoms with van der Waals surface area (Å²) in [6.45, 7) is 0. The van der Waals surface area contributed by atoms with Crippen LogP contribution in [-0.4, -0.2) is 34.5 Å². The van der Waals surface area contributed by atoms with E-state index in [2.05, 4.69) is 10.1 Å². The summed E-state index contributed by atoms with van der Waals surface area (Å²) in [6, 6.07) is 2.75. The average molecular weight is 307 g/mol. The molecule has 2 rings (SSSR count). The maximum atomic E-state index is 12.4. The molecule has 2 aromatic rings. The molecule has 20 heavy (non-hydrogen) atoms. The Morgan fingerprint density at radius 3 is 2.35 bits per heavy atom. The molecule has 0 aliphatic heterocycles. The van der Waals surface area contributed by atoms with Gasteiger partial charge in [0.15, 0.2) is 21.3 Å². The largest absolute Gasteiger partial charge is 0.493 e. The monoisotopic (exact) mass is 307 g/mol. The van der Waals surface area contributed by atoms with E-state index < -0.39 is 27.6 Å². The Hall–Kier alpha value is -2.10. The van der Waals surface area contributed by atoms with Crippen LogP contribution < -0.4 is 0 Å². The van der Waals surface area contributed by atoms with Gasteiger partial charge in [-0.05, 0) is 12.1 Å². The molecule has 108 valence electrons. The Morgan fingerprint density at radius 2 is 1.95 bits per heavy atom. The van der Waals surface area contributed by atoms with E-state index >= 15 is 0 Å². The Labute approximate surface area is 111 Å². The molecule has 10 heteroatoms. The molecule has 0 atom stereocenters. The molecule has 2 aromatic heterocycles. The summed E-state index contributed by atoms with van der Waals surface area (Å²) in [5.41, 5.74) is -1.27. The van der Waals surface area contributed by atoms with Crippen molar-refractivity contribution in [3.63, 3.8) is 0 Å². The van der Waals surface area contributed by atoms with Crippen molar-refractivity contribution < 1.29 is 26.7 Å². The van der Waals surface area contributed by atoms with Gasteiger partial charge < -0.3 is 5.11 Å². The van der Waals surface area contributed by atoms with Crippen LogP contribution in [0, 0.1) is 0 Å². The van der Waals surface area contributed by atoms with Crippen LogP contribution in [0.4, 0.5) is 13.2 Å². The zero-order chi connectivity index (χ0) is 15.1. The number of hydrogen-bond donors (Lipinski definition) is 1. The van der Waals surface area contributed by atoms with Crippen LogP contribution >= 0.6 is 0 Å². The topological polar surface area (TPSA) is 85.1 Å². The summed E-state index contributed by atoms with van der Waals surface area (Å²) in [5, 5.41) is 12.6. The van der Waals surface area contributed by atoms with E-state index in [1.165, 1.54) is 0 Å². The summed E-state index contributed by atoms with van der Waals surface area (Å²) < 4.78 is 60.3. The second kappa shape index (κ2) is 4.47. The number of hydrogen-bond acceptors (Lipinski definition) is 5. The summed E-state index contributed by atoms with van der Waals surface area (Å²) in [7, 11) is -3.46. The normalized spacial score (nSPS) is 12.6. The molecule has 0 radical (unpaired) electrons. The Morgan fingerprint density at radius 1 is 1.30 bits per heavy atom. The summed E-state index contributed by atoms with van der Waals surface area (Å²) in [5.74, 6) is -0.887. The Kier molecular flexibility index (Phi) is 3.20. The van der Waals surface area contributed by atoms with Crippen LogP contribution in [0.25, 0.3) is 5.82 Å². The first-order chi connectivity index (χ1) is 9.09. The lowest BCUT2D eigenvalue weighted by molar-refractivity contribution is -0.141. The standard InChI is InChI=1S/C10H8F3N3O3S/c1-20(18,19)6-2-3-8(14-5-6)16-9(17)4-7(15-16)10(11,12)13/h2-5,17H,1H3. The van der Waals surface area contributed by atoms with Gasteiger partial charge in [-0.2, -0.15) is 23.0 Å². The highest BCUT2D eigenvalue weighted by Gasteiger charge is 2.35. The van der Waals surface area contributed by atoms with E-state index in [9.17, 15) is 26.7 Å². The van der Waals surface area contributed by atoms with Gasteiger partial charge in [0, 0.05) is 18.5 Å². The first kappa shape index (κ1) is 14.3. The predicted molar refractivity (Wildman–Crippen MR) is 61.1 cm³/mol. The molecule has 0 bridgehead atoms. The van der Waals surface area contributed by atoms with E-state index in [0.29, 0.717) is 10.7 Å². The molecule has 0 aromatic carbocycles. The smallest absolute Gasteiger partial charge is 0.435 e. The molecule has 0 amide bonds. The predicted octanol–water partition coefficient (Wildman–Crippen LogP) is 1.40. The number of pyridine rings is 1. The van der Waals surface area contributed by atoms with E-state index in [1.807, 2.05) is 0 Å². The van der Waals surface area contributed by atoms with Gasteiger partial charge in [0.2, 0.25) is 5.88 Å². The third-order valence-corrected chi connectivity index (χ3v) is 3.44. The molecule has 0 saturated carbocycles. The number of halogens is 3. The van der Waals surface area contributed by atoms with Gasteiger partial charge in [0.1, 0.15) is 0 Å². The van der Waals surface area contributed by atoms with Crippen molar-refractivity contribution in [2.45, 2.75) is 11.1 Å². The van der Waals surface area contributed by atoms with Crippen LogP contribution in [0.1, 0.15) is 5.69 Å². The summed E-state index contributed by atoms with van der Waals surface area (Å²) in [6.07, 6.45) is -2.76. The Balaban J connectivity index is 2.45. The first-order valence-corrected chi connectivity index (χ1v) is 7.01. The number of aromatic hydroxyl groups is 1. The molecule has 0 unspecified atom stereocenters. The van der Waals surface area contributed by atoms with Crippen LogP contribution in [0.15, 0.2) is 29.3 Å². The number of rotatable bonds is 2. The zero-order valence-corrected chi connectivity index (χ0v) is 10.8. The molecule has 0 aliphatic rings. The molecular weight excluding hydrogens is 299 g/mol. The van der Waals surface area contributed by atoms with Gasteiger partial charge >= 0.3 is 6.18 Å². The fourth-order valence-electron chi connectivity index (χ4n) is 1.40. The lowest BCUT2D eigenvalue weighted by Gasteiger charge is -2.03. The van der Waals surface area contributed by atoms with E-state index in [-0.39, 0.29) is 10.7 Å². The third-order valence-electron chi connectivity index (χ3n) is 2.35. The van der Waals surface area contributed by atoms with Crippen LogP contribution in [0.5, 0.6) is 5.88 Å². The maximum absolute atomic E-state index is 12.4. The van der Waals surface area contributed by atoms with Crippen molar-refractivity contribution in [1.82, 2.24) is 14.8 Å². The maximum Gasteiger partial charge on any atom is 0.435 e. The fraction of sp³-hybridized carbons (Fsp3) is 0.200. The number of aromatic nitrogens is 3. The highest BCUT2D eigenvalue weighted by atomic mass is 32.2. The second-order valence-electron chi connectivity index (χ2n) is 3.92. The van der Waals surface area contributed by atoms with Crippen LogP contribution in [0.2, 0.25) is 0 Å². The number of nitrogens with zero attached hydrogens (tertiary/aromatic N) is 3. The lowest BCUT2D eigenvalue weighted by Crippen LogP contribution is -2.08. The summed E-state index contributed by atoms with van der Waals surface area (Å²) >= 11 is 0. The second-order valence-corrected chi connectivity index (χ2v) is 5.94. The van der Waals surface area contributed by atoms with Crippen molar-refractivity contribution in [3.8, 4) is 11.7 Å². The van der Waals surface area contributed by atoms with Gasteiger partial charge in [-0.1, -0.05) is 0 Å². The molecule has 2 heterocycles. The summed E-state index contributed by atoms with van der Waals surface area (Å²) in [4.78, 5) is 3.57. The van der Waals surface area contributed by atoms with Crippen molar-refractivity contribution in [1.29, 1.82) is 0 Å². The molecule has 0 fully saturated rings. The molecule has 0 spiro atoms. The van der Waals surface area contributed by atoms with Crippen LogP contribution in [0.3, 0.4) is 0 Å². The quantitative estimate of drug-likeness (QED) is 0.906. The van der Waals surface area contributed by atoms with Crippen molar-refractivity contribution in [2.75, 3.05) is 6.26 Å². The van der Waals surface area contributed by atoms with Gasteiger partial charge in [-0.25, -0.2) is 13.4 Å². The minimum atomic E-state index is -4.70. The van der Waals surface area contributed by atoms with Gasteiger partial charge in [0.05, 0.1) is 4.90 Å².